The van der Waals surface area contributed by atoms with Crippen molar-refractivity contribution in [3.8, 4) is 0 Å². The Morgan fingerprint density at radius 2 is 1.75 bits per heavy atom. The molecule has 0 radical (unpaired) electrons. The van der Waals surface area contributed by atoms with Gasteiger partial charge in [0.2, 0.25) is 0 Å². The molecular formula is C17H14Cl2FN3S. The number of aromatic nitrogens is 1. The lowest BCUT2D eigenvalue weighted by atomic mass is 10.2. The predicted octanol–water partition coefficient (Wildman–Crippen LogP) is 5.07. The molecule has 1 aliphatic rings. The van der Waals surface area contributed by atoms with Crippen molar-refractivity contribution >= 4 is 55.6 Å². The topological polar surface area (TPSA) is 19.4 Å². The van der Waals surface area contributed by atoms with E-state index in [1.165, 1.54) is 17.4 Å². The molecule has 0 saturated carbocycles. The van der Waals surface area contributed by atoms with Gasteiger partial charge in [-0.3, -0.25) is 0 Å². The SMILES string of the molecule is Fc1ccc2nc(N3CCN(c4cccc(Cl)c4Cl)CC3)sc2c1. The van der Waals surface area contributed by atoms with Gasteiger partial charge in [-0.1, -0.05) is 40.6 Å². The fourth-order valence-electron chi connectivity index (χ4n) is 2.90. The lowest BCUT2D eigenvalue weighted by Crippen LogP contribution is -2.46. The average molecular weight is 382 g/mol. The van der Waals surface area contributed by atoms with Crippen LogP contribution in [0.2, 0.25) is 10.0 Å². The van der Waals surface area contributed by atoms with Crippen molar-refractivity contribution in [2.24, 2.45) is 0 Å². The Kier molecular flexibility index (Phi) is 4.24. The maximum Gasteiger partial charge on any atom is 0.186 e. The minimum absolute atomic E-state index is 0.224. The monoisotopic (exact) mass is 381 g/mol. The lowest BCUT2D eigenvalue weighted by molar-refractivity contribution is 0.630. The third-order valence-corrected chi connectivity index (χ3v) is 6.05. The number of rotatable bonds is 2. The van der Waals surface area contributed by atoms with E-state index in [-0.39, 0.29) is 5.82 Å². The molecule has 0 aliphatic carbocycles. The Labute approximate surface area is 153 Å². The molecule has 0 N–H and O–H groups in total. The van der Waals surface area contributed by atoms with Gasteiger partial charge in [-0.15, -0.1) is 0 Å². The molecule has 3 nitrogen and oxygen atoms in total. The van der Waals surface area contributed by atoms with E-state index >= 15 is 0 Å². The van der Waals surface area contributed by atoms with Gasteiger partial charge in [0, 0.05) is 26.2 Å². The summed E-state index contributed by atoms with van der Waals surface area (Å²) in [4.78, 5) is 9.09. The van der Waals surface area contributed by atoms with E-state index < -0.39 is 0 Å². The van der Waals surface area contributed by atoms with E-state index in [1.54, 1.807) is 18.2 Å². The van der Waals surface area contributed by atoms with Gasteiger partial charge in [0.25, 0.3) is 0 Å². The first-order valence-electron chi connectivity index (χ1n) is 7.62. The van der Waals surface area contributed by atoms with E-state index in [9.17, 15) is 4.39 Å². The van der Waals surface area contributed by atoms with Crippen LogP contribution in [0, 0.1) is 5.82 Å². The second kappa shape index (κ2) is 6.39. The number of thiazole rings is 1. The van der Waals surface area contributed by atoms with Crippen LogP contribution in [0.4, 0.5) is 15.2 Å². The highest BCUT2D eigenvalue weighted by Crippen LogP contribution is 2.34. The molecule has 0 atom stereocenters. The molecule has 2 heterocycles. The number of hydrogen-bond acceptors (Lipinski definition) is 4. The summed E-state index contributed by atoms with van der Waals surface area (Å²) in [6.45, 7) is 3.35. The Balaban J connectivity index is 1.52. The predicted molar refractivity (Wildman–Crippen MR) is 100 cm³/mol. The smallest absolute Gasteiger partial charge is 0.186 e. The second-order valence-corrected chi connectivity index (χ2v) is 7.45. The summed E-state index contributed by atoms with van der Waals surface area (Å²) in [6.07, 6.45) is 0. The van der Waals surface area contributed by atoms with Gasteiger partial charge in [-0.25, -0.2) is 9.37 Å². The third-order valence-electron chi connectivity index (χ3n) is 4.16. The molecule has 2 aromatic carbocycles. The van der Waals surface area contributed by atoms with Crippen LogP contribution in [0.5, 0.6) is 0 Å². The van der Waals surface area contributed by atoms with Crippen molar-refractivity contribution in [3.05, 3.63) is 52.3 Å². The van der Waals surface area contributed by atoms with Crippen LogP contribution in [-0.4, -0.2) is 31.2 Å². The first kappa shape index (κ1) is 15.9. The van der Waals surface area contributed by atoms with E-state index in [2.05, 4.69) is 14.8 Å². The van der Waals surface area contributed by atoms with Crippen molar-refractivity contribution in [1.29, 1.82) is 0 Å². The molecule has 24 heavy (non-hydrogen) atoms. The summed E-state index contributed by atoms with van der Waals surface area (Å²) in [5, 5.41) is 2.11. The lowest BCUT2D eigenvalue weighted by Gasteiger charge is -2.36. The van der Waals surface area contributed by atoms with Gasteiger partial charge in [0.1, 0.15) is 5.82 Å². The number of hydrogen-bond donors (Lipinski definition) is 0. The number of fused-ring (bicyclic) bond motifs is 1. The van der Waals surface area contributed by atoms with Crippen LogP contribution in [0.3, 0.4) is 0 Å². The molecule has 0 spiro atoms. The first-order valence-corrected chi connectivity index (χ1v) is 9.19. The van der Waals surface area contributed by atoms with Gasteiger partial charge in [0.05, 0.1) is 25.9 Å². The fourth-order valence-corrected chi connectivity index (χ4v) is 4.35. The quantitative estimate of drug-likeness (QED) is 0.617. The molecule has 1 saturated heterocycles. The van der Waals surface area contributed by atoms with Crippen molar-refractivity contribution in [3.63, 3.8) is 0 Å². The maximum absolute atomic E-state index is 13.3. The number of halogens is 3. The van der Waals surface area contributed by atoms with E-state index in [4.69, 9.17) is 23.2 Å². The molecule has 1 aromatic heterocycles. The van der Waals surface area contributed by atoms with E-state index in [0.717, 1.165) is 47.2 Å². The molecule has 7 heteroatoms. The number of piperazine rings is 1. The van der Waals surface area contributed by atoms with Crippen LogP contribution in [0.25, 0.3) is 10.2 Å². The van der Waals surface area contributed by atoms with E-state index in [1.807, 2.05) is 12.1 Å². The highest BCUT2D eigenvalue weighted by atomic mass is 35.5. The zero-order chi connectivity index (χ0) is 16.7. The molecule has 1 aliphatic heterocycles. The highest BCUT2D eigenvalue weighted by Gasteiger charge is 2.22. The molecule has 3 aromatic rings. The molecule has 4 rings (SSSR count). The van der Waals surface area contributed by atoms with Gasteiger partial charge in [-0.2, -0.15) is 0 Å². The van der Waals surface area contributed by atoms with E-state index in [0.29, 0.717) is 10.0 Å². The van der Waals surface area contributed by atoms with Crippen molar-refractivity contribution in [1.82, 2.24) is 4.98 Å². The minimum atomic E-state index is -0.224. The van der Waals surface area contributed by atoms with Crippen molar-refractivity contribution in [2.45, 2.75) is 0 Å². The fraction of sp³-hybridized carbons (Fsp3) is 0.235. The van der Waals surface area contributed by atoms with Gasteiger partial charge >= 0.3 is 0 Å². The van der Waals surface area contributed by atoms with Crippen LogP contribution in [0.1, 0.15) is 0 Å². The van der Waals surface area contributed by atoms with Crippen LogP contribution in [0.15, 0.2) is 36.4 Å². The molecule has 0 amide bonds. The molecule has 0 bridgehead atoms. The summed E-state index contributed by atoms with van der Waals surface area (Å²) in [6, 6.07) is 10.4. The van der Waals surface area contributed by atoms with Crippen LogP contribution in [-0.2, 0) is 0 Å². The molecule has 0 unspecified atom stereocenters. The van der Waals surface area contributed by atoms with Crippen molar-refractivity contribution < 1.29 is 4.39 Å². The molecule has 1 fully saturated rings. The van der Waals surface area contributed by atoms with Gasteiger partial charge in [0.15, 0.2) is 5.13 Å². The minimum Gasteiger partial charge on any atom is -0.367 e. The summed E-state index contributed by atoms with van der Waals surface area (Å²) in [5.74, 6) is -0.224. The third kappa shape index (κ3) is 2.92. The van der Waals surface area contributed by atoms with Gasteiger partial charge < -0.3 is 9.80 Å². The molecule has 124 valence electrons. The number of benzene rings is 2. The standard InChI is InChI=1S/C17H14Cl2FN3S/c18-12-2-1-3-14(16(12)19)22-6-8-23(9-7-22)17-21-13-5-4-11(20)10-15(13)24-17/h1-5,10H,6-9H2. The van der Waals surface area contributed by atoms with Crippen molar-refractivity contribution in [2.75, 3.05) is 36.0 Å². The van der Waals surface area contributed by atoms with Crippen LogP contribution < -0.4 is 9.80 Å². The summed E-state index contributed by atoms with van der Waals surface area (Å²) >= 11 is 14.0. The average Bonchev–Trinajstić information content (AvgIpc) is 3.00. The number of nitrogens with zero attached hydrogens (tertiary/aromatic N) is 3. The summed E-state index contributed by atoms with van der Waals surface area (Å²) in [5.41, 5.74) is 1.81. The Morgan fingerprint density at radius 3 is 2.54 bits per heavy atom. The Morgan fingerprint density at radius 1 is 1.00 bits per heavy atom. The largest absolute Gasteiger partial charge is 0.367 e. The zero-order valence-corrected chi connectivity index (χ0v) is 15.0. The normalized spacial score (nSPS) is 15.3. The molecular weight excluding hydrogens is 368 g/mol. The summed E-state index contributed by atoms with van der Waals surface area (Å²) < 4.78 is 14.2. The first-order chi connectivity index (χ1) is 11.6. The second-order valence-electron chi connectivity index (χ2n) is 5.66. The maximum atomic E-state index is 13.3. The highest BCUT2D eigenvalue weighted by molar-refractivity contribution is 7.22. The summed E-state index contributed by atoms with van der Waals surface area (Å²) in [7, 11) is 0. The Hall–Kier alpha value is -1.56. The van der Waals surface area contributed by atoms with Crippen LogP contribution >= 0.6 is 34.5 Å². The number of anilines is 2. The zero-order valence-electron chi connectivity index (χ0n) is 12.7. The Bertz CT molecular complexity index is 891. The van der Waals surface area contributed by atoms with Gasteiger partial charge in [-0.05, 0) is 30.3 Å².